The number of aryl methyl sites for hydroxylation is 1. The van der Waals surface area contributed by atoms with Crippen LogP contribution in [-0.4, -0.2) is 38.1 Å². The van der Waals surface area contributed by atoms with Crippen LogP contribution in [0.15, 0.2) is 18.2 Å². The molecule has 1 heterocycles. The van der Waals surface area contributed by atoms with E-state index in [1.807, 2.05) is 39.2 Å². The predicted molar refractivity (Wildman–Crippen MR) is 70.4 cm³/mol. The first-order chi connectivity index (χ1) is 8.58. The predicted octanol–water partition coefficient (Wildman–Crippen LogP) is 1.93. The highest BCUT2D eigenvalue weighted by molar-refractivity contribution is 5.88. The molecule has 0 spiro atoms. The van der Waals surface area contributed by atoms with Gasteiger partial charge in [0.05, 0.1) is 5.41 Å². The van der Waals surface area contributed by atoms with Gasteiger partial charge in [-0.2, -0.15) is 0 Å². The average Bonchev–Trinajstić information content (AvgIpc) is 2.39. The normalized spacial score (nSPS) is 18.4. The Bertz CT molecular complexity index is 434. The van der Waals surface area contributed by atoms with Gasteiger partial charge in [-0.15, -0.1) is 0 Å². The molecule has 97 valence electrons. The number of benzene rings is 1. The molecule has 0 saturated carbocycles. The highest BCUT2D eigenvalue weighted by Crippen LogP contribution is 2.37. The Morgan fingerprint density at radius 3 is 2.61 bits per heavy atom. The summed E-state index contributed by atoms with van der Waals surface area (Å²) in [7, 11) is 3.65. The fraction of sp³-hybridized carbons (Fsp3) is 0.533. The summed E-state index contributed by atoms with van der Waals surface area (Å²) in [5.74, 6) is 0.181. The molecule has 18 heavy (non-hydrogen) atoms. The Kier molecular flexibility index (Phi) is 3.71. The number of amides is 1. The Balaban J connectivity index is 2.48. The molecule has 0 atom stereocenters. The summed E-state index contributed by atoms with van der Waals surface area (Å²) >= 11 is 0. The third kappa shape index (κ3) is 2.15. The van der Waals surface area contributed by atoms with E-state index in [1.54, 1.807) is 4.90 Å². The lowest BCUT2D eigenvalue weighted by atomic mass is 9.71. The van der Waals surface area contributed by atoms with E-state index in [0.717, 1.165) is 24.0 Å². The van der Waals surface area contributed by atoms with Crippen molar-refractivity contribution in [3.63, 3.8) is 0 Å². The van der Waals surface area contributed by atoms with Crippen molar-refractivity contribution in [3.8, 4) is 0 Å². The molecule has 3 heteroatoms. The van der Waals surface area contributed by atoms with Crippen LogP contribution >= 0.6 is 0 Å². The molecule has 1 fully saturated rings. The van der Waals surface area contributed by atoms with E-state index in [9.17, 15) is 4.79 Å². The first kappa shape index (κ1) is 13.1. The van der Waals surface area contributed by atoms with Crippen molar-refractivity contribution in [1.29, 1.82) is 0 Å². The van der Waals surface area contributed by atoms with Gasteiger partial charge in [0.1, 0.15) is 0 Å². The van der Waals surface area contributed by atoms with Gasteiger partial charge < -0.3 is 9.64 Å². The molecule has 1 aliphatic rings. The largest absolute Gasteiger partial charge is 0.381 e. The topological polar surface area (TPSA) is 29.5 Å². The van der Waals surface area contributed by atoms with Crippen LogP contribution in [0.5, 0.6) is 0 Å². The van der Waals surface area contributed by atoms with Crippen LogP contribution in [0.2, 0.25) is 0 Å². The van der Waals surface area contributed by atoms with Crippen LogP contribution < -0.4 is 0 Å². The molecule has 1 amide bonds. The van der Waals surface area contributed by atoms with Crippen molar-refractivity contribution >= 4 is 5.91 Å². The van der Waals surface area contributed by atoms with Crippen LogP contribution in [0, 0.1) is 13.0 Å². The van der Waals surface area contributed by atoms with Crippen molar-refractivity contribution in [2.24, 2.45) is 0 Å². The number of nitrogens with zero attached hydrogens (tertiary/aromatic N) is 1. The SMILES string of the molecule is Cc1c[c]ccc1C1(C(=O)N(C)C)CCOCC1. The summed E-state index contributed by atoms with van der Waals surface area (Å²) in [6.45, 7) is 3.35. The zero-order valence-corrected chi connectivity index (χ0v) is 11.3. The van der Waals surface area contributed by atoms with Crippen LogP contribution in [0.4, 0.5) is 0 Å². The lowest BCUT2D eigenvalue weighted by Gasteiger charge is -2.39. The zero-order chi connectivity index (χ0) is 13.2. The fourth-order valence-electron chi connectivity index (χ4n) is 2.80. The fourth-order valence-corrected chi connectivity index (χ4v) is 2.80. The molecule has 1 saturated heterocycles. The second-order valence-corrected chi connectivity index (χ2v) is 5.14. The number of ether oxygens (including phenoxy) is 1. The Labute approximate surface area is 109 Å². The van der Waals surface area contributed by atoms with Crippen molar-refractivity contribution < 1.29 is 9.53 Å². The molecule has 1 radical (unpaired) electrons. The van der Waals surface area contributed by atoms with E-state index in [2.05, 4.69) is 6.07 Å². The molecule has 0 bridgehead atoms. The first-order valence-electron chi connectivity index (χ1n) is 6.34. The Morgan fingerprint density at radius 2 is 2.06 bits per heavy atom. The molecular formula is C15H20NO2. The summed E-state index contributed by atoms with van der Waals surface area (Å²) < 4.78 is 5.44. The average molecular weight is 246 g/mol. The summed E-state index contributed by atoms with van der Waals surface area (Å²) in [6, 6.07) is 8.94. The Hall–Kier alpha value is -1.35. The van der Waals surface area contributed by atoms with E-state index in [1.165, 1.54) is 0 Å². The van der Waals surface area contributed by atoms with Crippen molar-refractivity contribution in [3.05, 3.63) is 35.4 Å². The minimum Gasteiger partial charge on any atom is -0.381 e. The first-order valence-corrected chi connectivity index (χ1v) is 6.34. The molecule has 0 unspecified atom stereocenters. The van der Waals surface area contributed by atoms with Gasteiger partial charge in [0.15, 0.2) is 0 Å². The maximum absolute atomic E-state index is 12.6. The van der Waals surface area contributed by atoms with Crippen LogP contribution in [0.25, 0.3) is 0 Å². The molecule has 0 aromatic heterocycles. The van der Waals surface area contributed by atoms with E-state index < -0.39 is 5.41 Å². The van der Waals surface area contributed by atoms with Crippen LogP contribution in [-0.2, 0) is 14.9 Å². The van der Waals surface area contributed by atoms with Crippen molar-refractivity contribution in [1.82, 2.24) is 4.90 Å². The van der Waals surface area contributed by atoms with Gasteiger partial charge in [-0.25, -0.2) is 0 Å². The maximum atomic E-state index is 12.6. The van der Waals surface area contributed by atoms with E-state index in [0.29, 0.717) is 13.2 Å². The highest BCUT2D eigenvalue weighted by atomic mass is 16.5. The number of carbonyl (C=O) groups excluding carboxylic acids is 1. The lowest BCUT2D eigenvalue weighted by molar-refractivity contribution is -0.138. The second-order valence-electron chi connectivity index (χ2n) is 5.14. The molecule has 1 aliphatic heterocycles. The van der Waals surface area contributed by atoms with Crippen LogP contribution in [0.1, 0.15) is 24.0 Å². The second kappa shape index (κ2) is 5.11. The van der Waals surface area contributed by atoms with Gasteiger partial charge in [-0.3, -0.25) is 4.79 Å². The summed E-state index contributed by atoms with van der Waals surface area (Å²) in [5.41, 5.74) is 1.85. The quantitative estimate of drug-likeness (QED) is 0.798. The number of carbonyl (C=O) groups is 1. The molecule has 3 nitrogen and oxygen atoms in total. The van der Waals surface area contributed by atoms with Gasteiger partial charge in [0, 0.05) is 27.3 Å². The van der Waals surface area contributed by atoms with Crippen molar-refractivity contribution in [2.45, 2.75) is 25.2 Å². The third-order valence-corrected chi connectivity index (χ3v) is 3.75. The maximum Gasteiger partial charge on any atom is 0.232 e. The van der Waals surface area contributed by atoms with Gasteiger partial charge in [0.2, 0.25) is 5.91 Å². The summed E-state index contributed by atoms with van der Waals surface area (Å²) in [6.07, 6.45) is 1.52. The van der Waals surface area contributed by atoms with E-state index >= 15 is 0 Å². The highest BCUT2D eigenvalue weighted by Gasteiger charge is 2.43. The molecule has 1 aromatic carbocycles. The molecule has 1 aromatic rings. The van der Waals surface area contributed by atoms with E-state index in [4.69, 9.17) is 4.74 Å². The smallest absolute Gasteiger partial charge is 0.232 e. The van der Waals surface area contributed by atoms with Gasteiger partial charge in [-0.05, 0) is 37.0 Å². The van der Waals surface area contributed by atoms with Crippen LogP contribution in [0.3, 0.4) is 0 Å². The molecule has 2 rings (SSSR count). The molecular weight excluding hydrogens is 226 g/mol. The number of likely N-dealkylation sites (N-methyl/N-ethyl adjacent to an activating group) is 1. The van der Waals surface area contributed by atoms with Crippen molar-refractivity contribution in [2.75, 3.05) is 27.3 Å². The van der Waals surface area contributed by atoms with Gasteiger partial charge >= 0.3 is 0 Å². The minimum absolute atomic E-state index is 0.181. The van der Waals surface area contributed by atoms with E-state index in [-0.39, 0.29) is 5.91 Å². The van der Waals surface area contributed by atoms with Gasteiger partial charge in [-0.1, -0.05) is 18.2 Å². The zero-order valence-electron chi connectivity index (χ0n) is 11.3. The number of hydrogen-bond acceptors (Lipinski definition) is 2. The molecule has 0 aliphatic carbocycles. The third-order valence-electron chi connectivity index (χ3n) is 3.75. The Morgan fingerprint density at radius 1 is 1.39 bits per heavy atom. The monoisotopic (exact) mass is 246 g/mol. The standard InChI is InChI=1S/C15H20NO2/c1-12-6-4-5-7-13(12)15(14(17)16(2)3)8-10-18-11-9-15/h5-7H,8-11H2,1-3H3. The minimum atomic E-state index is -0.416. The molecule has 0 N–H and O–H groups in total. The summed E-state index contributed by atoms with van der Waals surface area (Å²) in [5, 5.41) is 0. The van der Waals surface area contributed by atoms with Gasteiger partial charge in [0.25, 0.3) is 0 Å². The lowest BCUT2D eigenvalue weighted by Crippen LogP contribution is -2.47. The number of rotatable bonds is 2. The summed E-state index contributed by atoms with van der Waals surface area (Å²) in [4.78, 5) is 14.3. The number of hydrogen-bond donors (Lipinski definition) is 0.